The Balaban J connectivity index is 0.00000128. The quantitative estimate of drug-likeness (QED) is 0.221. The van der Waals surface area contributed by atoms with Gasteiger partial charge in [0.05, 0.1) is 5.69 Å². The summed E-state index contributed by atoms with van der Waals surface area (Å²) in [5.41, 5.74) is 7.32. The molecule has 3 N–H and O–H groups in total. The molecule has 8 heteroatoms. The number of hydrogen-bond donors (Lipinski definition) is 3. The second-order valence-electron chi connectivity index (χ2n) is 3.24. The smallest absolute Gasteiger partial charge is 0.410 e. The Morgan fingerprint density at radius 2 is 2.19 bits per heavy atom. The molecule has 0 saturated carbocycles. The number of carbonyl (C=O) groups excluding carboxylic acids is 1. The van der Waals surface area contributed by atoms with Gasteiger partial charge < -0.3 is 30.3 Å². The van der Waals surface area contributed by atoms with Crippen LogP contribution >= 0.6 is 12.2 Å². The third-order valence-corrected chi connectivity index (χ3v) is 2.50. The molecule has 1 amide bonds. The predicted octanol–water partition coefficient (Wildman–Crippen LogP) is -3.03. The van der Waals surface area contributed by atoms with Crippen molar-refractivity contribution < 1.29 is 56.2 Å². The number of nitrogens with one attached hydrogen (secondary N) is 3. The van der Waals surface area contributed by atoms with Crippen molar-refractivity contribution in [3.8, 4) is 0 Å². The van der Waals surface area contributed by atoms with Crippen LogP contribution in [0.25, 0.3) is 0 Å². The average Bonchev–Trinajstić information content (AvgIpc) is 2.74. The Labute approximate surface area is 146 Å². The second kappa shape index (κ2) is 6.38. The number of thiocarbonyl (C=S) groups is 1. The van der Waals surface area contributed by atoms with Crippen LogP contribution in [-0.4, -0.2) is 20.4 Å². The van der Waals surface area contributed by atoms with Gasteiger partial charge in [0, 0.05) is 5.56 Å². The maximum atomic E-state index is 11.6. The van der Waals surface area contributed by atoms with E-state index in [0.717, 1.165) is 30.5 Å². The van der Waals surface area contributed by atoms with Crippen LogP contribution in [0.2, 0.25) is 0 Å². The van der Waals surface area contributed by atoms with E-state index in [1.165, 1.54) is 0 Å². The monoisotopic (exact) mass is 280 g/mol. The first-order valence-electron chi connectivity index (χ1n) is 4.52. The molecule has 0 unspecified atom stereocenters. The van der Waals surface area contributed by atoms with Crippen LogP contribution in [0.15, 0.2) is 0 Å². The third-order valence-electron chi connectivity index (χ3n) is 2.30. The first-order valence-corrected chi connectivity index (χ1v) is 5.33. The number of aryl methyl sites for hydroxylation is 1. The van der Waals surface area contributed by atoms with Crippen molar-refractivity contribution in [3.63, 3.8) is 0 Å². The van der Waals surface area contributed by atoms with E-state index in [0.29, 0.717) is 5.69 Å². The summed E-state index contributed by atoms with van der Waals surface area (Å²) in [6.07, 6.45) is 2.89. The number of carbonyl (C=O) groups is 1. The number of amides is 1. The first kappa shape index (κ1) is 14.5. The molecule has 16 heavy (non-hydrogen) atoms. The molecule has 0 bridgehead atoms. The number of hydrogen-bond acceptors (Lipinski definition) is 4. The Kier molecular flexibility index (Phi) is 5.78. The number of aromatic nitrogens is 2. The second-order valence-corrected chi connectivity index (χ2v) is 4.32. The van der Waals surface area contributed by atoms with Gasteiger partial charge in [-0.15, -0.1) is 0 Å². The van der Waals surface area contributed by atoms with Gasteiger partial charge in [0.25, 0.3) is 5.91 Å². The number of fused-ring (bicyclic) bond motifs is 1. The summed E-state index contributed by atoms with van der Waals surface area (Å²) in [5.74, 6) is -0.280. The summed E-state index contributed by atoms with van der Waals surface area (Å²) in [5, 5.41) is 6.79. The molecule has 0 fully saturated rings. The zero-order chi connectivity index (χ0) is 10.8. The number of rotatable bonds is 1. The Morgan fingerprint density at radius 1 is 1.44 bits per heavy atom. The molecule has 5 nitrogen and oxygen atoms in total. The summed E-state index contributed by atoms with van der Waals surface area (Å²) >= 11 is 9.21. The molecule has 0 radical (unpaired) electrons. The maximum absolute atomic E-state index is 11.6. The van der Waals surface area contributed by atoms with Crippen molar-refractivity contribution in [2.45, 2.75) is 19.3 Å². The van der Waals surface area contributed by atoms with Gasteiger partial charge in [-0.05, 0) is 23.6 Å². The van der Waals surface area contributed by atoms with Crippen molar-refractivity contribution in [1.82, 2.24) is 21.0 Å². The molecule has 0 aliphatic heterocycles. The fraction of sp³-hybridized carbons (Fsp3) is 0.375. The van der Waals surface area contributed by atoms with Crippen LogP contribution in [0.3, 0.4) is 0 Å². The SMILES string of the molecule is O=C(NNC(=S)[S-])c1[nH]nc2c1CCC2.[K+]. The molecular weight excluding hydrogens is 271 g/mol. The van der Waals surface area contributed by atoms with Crippen LogP contribution in [0.5, 0.6) is 0 Å². The summed E-state index contributed by atoms with van der Waals surface area (Å²) < 4.78 is 0.111. The standard InChI is InChI=1S/C8H10N4OS2.K/c13-7(11-12-8(14)15)6-4-2-1-3-5(4)9-10-6;/h1-3H2,(H,9,10)(H,11,13)(H2,12,14,15);/q;+1/p-1. The van der Waals surface area contributed by atoms with E-state index in [2.05, 4.69) is 45.9 Å². The molecule has 1 aliphatic rings. The molecule has 1 aromatic heterocycles. The van der Waals surface area contributed by atoms with Crippen molar-refractivity contribution in [1.29, 1.82) is 0 Å². The number of hydrazine groups is 1. The van der Waals surface area contributed by atoms with Crippen molar-refractivity contribution in [2.75, 3.05) is 0 Å². The van der Waals surface area contributed by atoms with Gasteiger partial charge >= 0.3 is 51.4 Å². The van der Waals surface area contributed by atoms with Crippen molar-refractivity contribution >= 4 is 35.1 Å². The number of aromatic amines is 1. The molecule has 0 aromatic carbocycles. The molecule has 1 aromatic rings. The van der Waals surface area contributed by atoms with E-state index in [1.807, 2.05) is 0 Å². The fourth-order valence-corrected chi connectivity index (χ4v) is 1.77. The molecule has 0 saturated heterocycles. The zero-order valence-electron chi connectivity index (χ0n) is 8.79. The van der Waals surface area contributed by atoms with E-state index in [4.69, 9.17) is 0 Å². The Hall–Kier alpha value is 0.426. The summed E-state index contributed by atoms with van der Waals surface area (Å²) in [6, 6.07) is 0. The van der Waals surface area contributed by atoms with Crippen LogP contribution in [0, 0.1) is 0 Å². The van der Waals surface area contributed by atoms with E-state index in [1.54, 1.807) is 0 Å². The normalized spacial score (nSPS) is 12.5. The minimum atomic E-state index is -0.280. The minimum Gasteiger partial charge on any atom is -0.410 e. The van der Waals surface area contributed by atoms with Gasteiger partial charge in [0.1, 0.15) is 5.69 Å². The largest absolute Gasteiger partial charge is 1.00 e. The van der Waals surface area contributed by atoms with Crippen LogP contribution in [0.1, 0.15) is 28.2 Å². The zero-order valence-corrected chi connectivity index (χ0v) is 13.5. The van der Waals surface area contributed by atoms with E-state index in [-0.39, 0.29) is 61.6 Å². The van der Waals surface area contributed by atoms with E-state index in [9.17, 15) is 4.79 Å². The number of nitrogens with zero attached hydrogens (tertiary/aromatic N) is 1. The molecule has 1 heterocycles. The number of H-pyrrole nitrogens is 1. The molecule has 80 valence electrons. The van der Waals surface area contributed by atoms with Crippen LogP contribution < -0.4 is 62.2 Å². The van der Waals surface area contributed by atoms with Crippen LogP contribution in [-0.2, 0) is 25.5 Å². The van der Waals surface area contributed by atoms with Crippen molar-refractivity contribution in [3.05, 3.63) is 17.0 Å². The minimum absolute atomic E-state index is 0. The van der Waals surface area contributed by atoms with E-state index < -0.39 is 0 Å². The molecule has 0 atom stereocenters. The summed E-state index contributed by atoms with van der Waals surface area (Å²) in [6.45, 7) is 0. The van der Waals surface area contributed by atoms with Gasteiger partial charge in [0.2, 0.25) is 0 Å². The topological polar surface area (TPSA) is 69.8 Å². The van der Waals surface area contributed by atoms with Crippen molar-refractivity contribution in [2.24, 2.45) is 0 Å². The molecule has 0 spiro atoms. The summed E-state index contributed by atoms with van der Waals surface area (Å²) in [4.78, 5) is 11.6. The van der Waals surface area contributed by atoms with Gasteiger partial charge in [-0.3, -0.25) is 15.3 Å². The fourth-order valence-electron chi connectivity index (χ4n) is 1.67. The molecule has 1 aliphatic carbocycles. The van der Waals surface area contributed by atoms with Gasteiger partial charge in [-0.1, -0.05) is 0 Å². The van der Waals surface area contributed by atoms with E-state index >= 15 is 0 Å². The van der Waals surface area contributed by atoms with Gasteiger partial charge in [-0.2, -0.15) is 5.10 Å². The summed E-state index contributed by atoms with van der Waals surface area (Å²) in [7, 11) is 0. The average molecular weight is 280 g/mol. The Bertz CT molecular complexity index is 420. The first-order chi connectivity index (χ1) is 7.18. The van der Waals surface area contributed by atoms with Gasteiger partial charge in [0.15, 0.2) is 0 Å². The molecule has 2 rings (SSSR count). The Morgan fingerprint density at radius 3 is 2.88 bits per heavy atom. The molecular formula is C8H9KN4OS2. The van der Waals surface area contributed by atoms with Crippen LogP contribution in [0.4, 0.5) is 0 Å². The predicted molar refractivity (Wildman–Crippen MR) is 61.2 cm³/mol. The third kappa shape index (κ3) is 3.22. The maximum Gasteiger partial charge on any atom is 1.00 e. The van der Waals surface area contributed by atoms with Gasteiger partial charge in [-0.25, -0.2) is 0 Å².